The number of esters is 1. The van der Waals surface area contributed by atoms with Gasteiger partial charge in [0.15, 0.2) is 5.79 Å². The molecule has 2 atom stereocenters. The van der Waals surface area contributed by atoms with Gasteiger partial charge in [0.05, 0.1) is 19.3 Å². The molecular weight excluding hydrogens is 430 g/mol. The Hall–Kier alpha value is -0.830. The highest BCUT2D eigenvalue weighted by molar-refractivity contribution is 7.99. The molecule has 0 bridgehead atoms. The van der Waals surface area contributed by atoms with Crippen molar-refractivity contribution in [2.75, 3.05) is 24.7 Å². The molecule has 0 aromatic heterocycles. The Balaban J connectivity index is 1.82. The van der Waals surface area contributed by atoms with E-state index in [2.05, 4.69) is 0 Å². The number of carbonyl (C=O) groups is 2. The fraction of sp³-hybridized carbons (Fsp3) is 0.917. The predicted octanol–water partition coefficient (Wildman–Crippen LogP) is 4.90. The van der Waals surface area contributed by atoms with Crippen molar-refractivity contribution in [3.8, 4) is 0 Å². The second-order valence-electron chi connectivity index (χ2n) is 9.15. The molecule has 1 saturated heterocycles. The molecule has 2 unspecified atom stereocenters. The Kier molecular flexibility index (Phi) is 16.1. The van der Waals surface area contributed by atoms with E-state index in [1.54, 1.807) is 11.8 Å². The van der Waals surface area contributed by atoms with Crippen LogP contribution in [0.2, 0.25) is 0 Å². The molecule has 0 aliphatic carbocycles. The molecule has 32 heavy (non-hydrogen) atoms. The number of ether oxygens (including phenoxy) is 3. The summed E-state index contributed by atoms with van der Waals surface area (Å²) in [7, 11) is 0. The van der Waals surface area contributed by atoms with Crippen LogP contribution in [-0.4, -0.2) is 59.7 Å². The Morgan fingerprint density at radius 1 is 1.00 bits per heavy atom. The third kappa shape index (κ3) is 15.9. The van der Waals surface area contributed by atoms with Gasteiger partial charge in [0.2, 0.25) is 0 Å². The van der Waals surface area contributed by atoms with Crippen molar-refractivity contribution in [3.63, 3.8) is 0 Å². The van der Waals surface area contributed by atoms with Gasteiger partial charge in [0.25, 0.3) is 0 Å². The van der Waals surface area contributed by atoms with Gasteiger partial charge in [-0.25, -0.2) is 0 Å². The zero-order chi connectivity index (χ0) is 23.7. The standard InChI is InChI=1S/C24H45NO6S/c1-24(2)30-17-20(31-24)18-32-19-21(25)23(28)29-16-14-12-10-8-6-4-3-5-7-9-11-13-15-22(26)27/h20-21H,3-19,25H2,1-2H3,(H,26,27). The van der Waals surface area contributed by atoms with Crippen molar-refractivity contribution in [1.82, 2.24) is 0 Å². The molecule has 0 radical (unpaired) electrons. The van der Waals surface area contributed by atoms with E-state index in [0.717, 1.165) is 37.9 Å². The molecule has 0 aromatic carbocycles. The van der Waals surface area contributed by atoms with E-state index in [9.17, 15) is 9.59 Å². The van der Waals surface area contributed by atoms with E-state index in [0.29, 0.717) is 25.4 Å². The van der Waals surface area contributed by atoms with E-state index < -0.39 is 17.8 Å². The van der Waals surface area contributed by atoms with E-state index in [4.69, 9.17) is 25.1 Å². The number of hydrogen-bond acceptors (Lipinski definition) is 7. The van der Waals surface area contributed by atoms with Gasteiger partial charge in [0.1, 0.15) is 6.04 Å². The monoisotopic (exact) mass is 475 g/mol. The van der Waals surface area contributed by atoms with Crippen molar-refractivity contribution in [1.29, 1.82) is 0 Å². The van der Waals surface area contributed by atoms with Crippen LogP contribution < -0.4 is 5.73 Å². The minimum absolute atomic E-state index is 0.0497. The molecule has 8 heteroatoms. The molecule has 1 heterocycles. The molecule has 0 aromatic rings. The lowest BCUT2D eigenvalue weighted by atomic mass is 10.0. The summed E-state index contributed by atoms with van der Waals surface area (Å²) < 4.78 is 16.6. The topological polar surface area (TPSA) is 108 Å². The third-order valence-electron chi connectivity index (χ3n) is 5.50. The Labute approximate surface area is 198 Å². The maximum absolute atomic E-state index is 12.0. The number of thioether (sulfide) groups is 1. The SMILES string of the molecule is CC1(C)OCC(CSCC(N)C(=O)OCCCCCCCCCCCCCCC(=O)O)O1. The number of unbranched alkanes of at least 4 members (excludes halogenated alkanes) is 11. The molecule has 1 aliphatic rings. The zero-order valence-electron chi connectivity index (χ0n) is 20.1. The van der Waals surface area contributed by atoms with E-state index in [1.807, 2.05) is 13.8 Å². The van der Waals surface area contributed by atoms with Crippen molar-refractivity contribution < 1.29 is 28.9 Å². The quantitative estimate of drug-likeness (QED) is 0.189. The Bertz CT molecular complexity index is 517. The van der Waals surface area contributed by atoms with Gasteiger partial charge >= 0.3 is 11.9 Å². The fourth-order valence-electron chi connectivity index (χ4n) is 3.67. The molecule has 3 N–H and O–H groups in total. The molecule has 188 valence electrons. The second kappa shape index (κ2) is 17.6. The minimum Gasteiger partial charge on any atom is -0.481 e. The predicted molar refractivity (Wildman–Crippen MR) is 129 cm³/mol. The number of carboxylic acid groups (broad SMARTS) is 1. The molecule has 1 fully saturated rings. The summed E-state index contributed by atoms with van der Waals surface area (Å²) in [6.45, 7) is 4.83. The smallest absolute Gasteiger partial charge is 0.323 e. The highest BCUT2D eigenvalue weighted by atomic mass is 32.2. The van der Waals surface area contributed by atoms with Gasteiger partial charge in [-0.2, -0.15) is 11.8 Å². The number of aliphatic carboxylic acids is 1. The first-order chi connectivity index (χ1) is 15.3. The fourth-order valence-corrected chi connectivity index (χ4v) is 4.62. The van der Waals surface area contributed by atoms with Crippen LogP contribution in [0.3, 0.4) is 0 Å². The van der Waals surface area contributed by atoms with Gasteiger partial charge in [-0.05, 0) is 26.7 Å². The van der Waals surface area contributed by atoms with E-state index in [-0.39, 0.29) is 12.1 Å². The average molecular weight is 476 g/mol. The van der Waals surface area contributed by atoms with Gasteiger partial charge in [-0.1, -0.05) is 64.2 Å². The summed E-state index contributed by atoms with van der Waals surface area (Å²) in [6, 6.07) is -0.590. The number of carbonyl (C=O) groups excluding carboxylic acids is 1. The molecule has 0 saturated carbocycles. The lowest BCUT2D eigenvalue weighted by Crippen LogP contribution is -2.35. The molecule has 0 spiro atoms. The second-order valence-corrected chi connectivity index (χ2v) is 10.2. The van der Waals surface area contributed by atoms with Crippen molar-refractivity contribution >= 4 is 23.7 Å². The summed E-state index contributed by atoms with van der Waals surface area (Å²) in [6.07, 6.45) is 14.0. The van der Waals surface area contributed by atoms with Crippen LogP contribution in [0.25, 0.3) is 0 Å². The lowest BCUT2D eigenvalue weighted by molar-refractivity contribution is -0.144. The van der Waals surface area contributed by atoms with Crippen LogP contribution in [0.15, 0.2) is 0 Å². The maximum atomic E-state index is 12.0. The van der Waals surface area contributed by atoms with Crippen molar-refractivity contribution in [2.24, 2.45) is 5.73 Å². The van der Waals surface area contributed by atoms with Crippen LogP contribution in [0, 0.1) is 0 Å². The van der Waals surface area contributed by atoms with Gasteiger partial charge < -0.3 is 25.1 Å². The average Bonchev–Trinajstić information content (AvgIpc) is 3.08. The van der Waals surface area contributed by atoms with E-state index >= 15 is 0 Å². The molecule has 0 amide bonds. The zero-order valence-corrected chi connectivity index (χ0v) is 21.0. The molecular formula is C24H45NO6S. The first-order valence-corrected chi connectivity index (χ1v) is 13.5. The number of hydrogen-bond donors (Lipinski definition) is 2. The molecule has 1 rings (SSSR count). The Morgan fingerprint density at radius 2 is 1.53 bits per heavy atom. The minimum atomic E-state index is -0.688. The lowest BCUT2D eigenvalue weighted by Gasteiger charge is -2.17. The number of rotatable bonds is 20. The third-order valence-corrected chi connectivity index (χ3v) is 6.70. The highest BCUT2D eigenvalue weighted by Crippen LogP contribution is 2.24. The normalized spacial score (nSPS) is 18.5. The Morgan fingerprint density at radius 3 is 2.03 bits per heavy atom. The van der Waals surface area contributed by atoms with Crippen LogP contribution in [0.1, 0.15) is 97.3 Å². The molecule has 7 nitrogen and oxygen atoms in total. The van der Waals surface area contributed by atoms with Crippen molar-refractivity contribution in [3.05, 3.63) is 0 Å². The van der Waals surface area contributed by atoms with Crippen LogP contribution in [-0.2, 0) is 23.8 Å². The summed E-state index contributed by atoms with van der Waals surface area (Å²) in [4.78, 5) is 22.4. The van der Waals surface area contributed by atoms with E-state index in [1.165, 1.54) is 44.9 Å². The summed E-state index contributed by atoms with van der Waals surface area (Å²) in [5.41, 5.74) is 5.93. The van der Waals surface area contributed by atoms with Crippen LogP contribution in [0.5, 0.6) is 0 Å². The van der Waals surface area contributed by atoms with Crippen molar-refractivity contribution in [2.45, 2.75) is 115 Å². The van der Waals surface area contributed by atoms with Gasteiger partial charge in [-0.15, -0.1) is 0 Å². The summed E-state index contributed by atoms with van der Waals surface area (Å²) in [5.74, 6) is -0.229. The number of carboxylic acids is 1. The maximum Gasteiger partial charge on any atom is 0.323 e. The highest BCUT2D eigenvalue weighted by Gasteiger charge is 2.32. The molecule has 1 aliphatic heterocycles. The summed E-state index contributed by atoms with van der Waals surface area (Å²) in [5, 5.41) is 8.59. The van der Waals surface area contributed by atoms with Crippen LogP contribution in [0.4, 0.5) is 0 Å². The van der Waals surface area contributed by atoms with Crippen LogP contribution >= 0.6 is 11.8 Å². The van der Waals surface area contributed by atoms with Gasteiger partial charge in [0, 0.05) is 17.9 Å². The number of nitrogens with two attached hydrogens (primary N) is 1. The largest absolute Gasteiger partial charge is 0.481 e. The summed E-state index contributed by atoms with van der Waals surface area (Å²) >= 11 is 1.60. The first kappa shape index (κ1) is 29.2. The first-order valence-electron chi connectivity index (χ1n) is 12.3. The van der Waals surface area contributed by atoms with Gasteiger partial charge in [-0.3, -0.25) is 9.59 Å².